The summed E-state index contributed by atoms with van der Waals surface area (Å²) in [4.78, 5) is 20.3. The van der Waals surface area contributed by atoms with Crippen molar-refractivity contribution in [1.29, 1.82) is 0 Å². The van der Waals surface area contributed by atoms with Crippen LogP contribution in [0.1, 0.15) is 23.0 Å². The van der Waals surface area contributed by atoms with Crippen LogP contribution in [-0.4, -0.2) is 41.9 Å². The second-order valence-electron chi connectivity index (χ2n) is 4.94. The second-order valence-corrected chi connectivity index (χ2v) is 4.94. The Bertz CT molecular complexity index is 762. The van der Waals surface area contributed by atoms with Gasteiger partial charge < -0.3 is 5.32 Å². The number of nitrogens with zero attached hydrogens (tertiary/aromatic N) is 5. The highest BCUT2D eigenvalue weighted by Gasteiger charge is 2.13. The van der Waals surface area contributed by atoms with Gasteiger partial charge in [-0.2, -0.15) is 10.2 Å². The van der Waals surface area contributed by atoms with Gasteiger partial charge in [-0.1, -0.05) is 0 Å². The Labute approximate surface area is 120 Å². The molecule has 0 aromatic carbocycles. The lowest BCUT2D eigenvalue weighted by Gasteiger charge is -2.13. The van der Waals surface area contributed by atoms with Crippen molar-refractivity contribution in [2.45, 2.75) is 26.4 Å². The zero-order valence-corrected chi connectivity index (χ0v) is 11.7. The molecule has 0 fully saturated rings. The molecule has 0 aliphatic carbocycles. The van der Waals surface area contributed by atoms with Crippen molar-refractivity contribution in [1.82, 2.24) is 35.3 Å². The summed E-state index contributed by atoms with van der Waals surface area (Å²) >= 11 is 0. The molecule has 8 heteroatoms. The molecule has 8 nitrogen and oxygen atoms in total. The number of aromatic nitrogens is 6. The molecule has 0 bridgehead atoms. The molecule has 1 atom stereocenters. The molecule has 2 N–H and O–H groups in total. The van der Waals surface area contributed by atoms with Gasteiger partial charge in [0.2, 0.25) is 0 Å². The van der Waals surface area contributed by atoms with Gasteiger partial charge in [0.15, 0.2) is 5.65 Å². The maximum atomic E-state index is 12.2. The average molecular weight is 285 g/mol. The predicted octanol–water partition coefficient (Wildman–Crippen LogP) is 0.676. The highest BCUT2D eigenvalue weighted by molar-refractivity contribution is 5.97. The van der Waals surface area contributed by atoms with Crippen LogP contribution in [0.2, 0.25) is 0 Å². The number of carbonyl (C=O) groups is 1. The fraction of sp³-hybridized carbons (Fsp3) is 0.308. The minimum Gasteiger partial charge on any atom is -0.348 e. The summed E-state index contributed by atoms with van der Waals surface area (Å²) in [5.74, 6) is -0.169. The Hall–Kier alpha value is -2.77. The minimum absolute atomic E-state index is 0.0691. The van der Waals surface area contributed by atoms with Crippen LogP contribution in [-0.2, 0) is 6.54 Å². The van der Waals surface area contributed by atoms with E-state index in [0.29, 0.717) is 17.8 Å². The molecule has 1 unspecified atom stereocenters. The van der Waals surface area contributed by atoms with Crippen molar-refractivity contribution < 1.29 is 4.79 Å². The second kappa shape index (κ2) is 5.31. The number of carbonyl (C=O) groups excluding carboxylic acids is 1. The number of H-pyrrole nitrogens is 1. The molecule has 0 radical (unpaired) electrons. The van der Waals surface area contributed by atoms with Crippen molar-refractivity contribution in [3.05, 3.63) is 36.2 Å². The Balaban J connectivity index is 1.72. The van der Waals surface area contributed by atoms with E-state index >= 15 is 0 Å². The topological polar surface area (TPSA) is 101 Å². The summed E-state index contributed by atoms with van der Waals surface area (Å²) in [7, 11) is 0. The third-order valence-electron chi connectivity index (χ3n) is 3.17. The highest BCUT2D eigenvalue weighted by atomic mass is 16.1. The summed E-state index contributed by atoms with van der Waals surface area (Å²) in [6.45, 7) is 4.37. The maximum Gasteiger partial charge on any atom is 0.253 e. The fourth-order valence-corrected chi connectivity index (χ4v) is 2.10. The first-order valence-electron chi connectivity index (χ1n) is 6.57. The van der Waals surface area contributed by atoms with E-state index in [-0.39, 0.29) is 11.9 Å². The predicted molar refractivity (Wildman–Crippen MR) is 75.6 cm³/mol. The standard InChI is InChI=1S/C13H15N7O/c1-8(5-20-7-14-6-16-20)17-13(21)10-3-11-9(2)18-19-12(11)15-4-10/h3-4,6-8H,5H2,1-2H3,(H,17,21)(H,15,18,19). The third kappa shape index (κ3) is 2.73. The first-order valence-corrected chi connectivity index (χ1v) is 6.57. The Kier molecular flexibility index (Phi) is 3.35. The van der Waals surface area contributed by atoms with Gasteiger partial charge in [0.05, 0.1) is 12.1 Å². The van der Waals surface area contributed by atoms with Crippen molar-refractivity contribution >= 4 is 16.9 Å². The van der Waals surface area contributed by atoms with Crippen molar-refractivity contribution in [2.24, 2.45) is 0 Å². The van der Waals surface area contributed by atoms with Crippen molar-refractivity contribution in [3.63, 3.8) is 0 Å². The van der Waals surface area contributed by atoms with E-state index in [2.05, 4.69) is 30.6 Å². The molecule has 21 heavy (non-hydrogen) atoms. The van der Waals surface area contributed by atoms with E-state index in [1.165, 1.54) is 12.5 Å². The Morgan fingerprint density at radius 2 is 2.38 bits per heavy atom. The van der Waals surface area contributed by atoms with Gasteiger partial charge in [-0.15, -0.1) is 0 Å². The van der Waals surface area contributed by atoms with Gasteiger partial charge in [0.1, 0.15) is 12.7 Å². The summed E-state index contributed by atoms with van der Waals surface area (Å²) < 4.78 is 1.67. The van der Waals surface area contributed by atoms with Crippen LogP contribution >= 0.6 is 0 Å². The average Bonchev–Trinajstić information content (AvgIpc) is 3.09. The number of fused-ring (bicyclic) bond motifs is 1. The van der Waals surface area contributed by atoms with Crippen molar-refractivity contribution in [3.8, 4) is 0 Å². The Morgan fingerprint density at radius 1 is 1.52 bits per heavy atom. The zero-order chi connectivity index (χ0) is 14.8. The van der Waals surface area contributed by atoms with Crippen LogP contribution in [0.4, 0.5) is 0 Å². The Morgan fingerprint density at radius 3 is 3.14 bits per heavy atom. The lowest BCUT2D eigenvalue weighted by molar-refractivity contribution is 0.0936. The number of rotatable bonds is 4. The molecule has 1 amide bonds. The number of amides is 1. The van der Waals surface area contributed by atoms with E-state index in [1.54, 1.807) is 17.1 Å². The first kappa shape index (κ1) is 13.2. The zero-order valence-electron chi connectivity index (χ0n) is 11.7. The normalized spacial score (nSPS) is 12.5. The fourth-order valence-electron chi connectivity index (χ4n) is 2.10. The van der Waals surface area contributed by atoms with Gasteiger partial charge >= 0.3 is 0 Å². The molecule has 3 aromatic rings. The third-order valence-corrected chi connectivity index (χ3v) is 3.17. The molecule has 0 saturated carbocycles. The molecule has 0 saturated heterocycles. The minimum atomic E-state index is -0.169. The number of aryl methyl sites for hydroxylation is 1. The van der Waals surface area contributed by atoms with Gasteiger partial charge in [-0.3, -0.25) is 14.6 Å². The quantitative estimate of drug-likeness (QED) is 0.734. The van der Waals surface area contributed by atoms with Crippen molar-refractivity contribution in [2.75, 3.05) is 0 Å². The van der Waals surface area contributed by atoms with E-state index < -0.39 is 0 Å². The number of nitrogens with one attached hydrogen (secondary N) is 2. The van der Waals surface area contributed by atoms with E-state index in [4.69, 9.17) is 0 Å². The highest BCUT2D eigenvalue weighted by Crippen LogP contribution is 2.14. The molecule has 3 rings (SSSR count). The van der Waals surface area contributed by atoms with Crippen LogP contribution in [0.5, 0.6) is 0 Å². The van der Waals surface area contributed by atoms with E-state index in [1.807, 2.05) is 13.8 Å². The maximum absolute atomic E-state index is 12.2. The molecule has 3 aromatic heterocycles. The van der Waals surface area contributed by atoms with Gasteiger partial charge in [0.25, 0.3) is 5.91 Å². The SMILES string of the molecule is Cc1[nH]nc2ncc(C(=O)NC(C)Cn3cncn3)cc12. The molecule has 3 heterocycles. The summed E-state index contributed by atoms with van der Waals surface area (Å²) in [6, 6.07) is 1.72. The molecule has 0 spiro atoms. The first-order chi connectivity index (χ1) is 10.1. The summed E-state index contributed by atoms with van der Waals surface area (Å²) in [5, 5.41) is 14.7. The number of hydrogen-bond donors (Lipinski definition) is 2. The van der Waals surface area contributed by atoms with Gasteiger partial charge in [-0.25, -0.2) is 9.97 Å². The number of pyridine rings is 1. The summed E-state index contributed by atoms with van der Waals surface area (Å²) in [6.07, 6.45) is 4.61. The number of hydrogen-bond acceptors (Lipinski definition) is 5. The van der Waals surface area contributed by atoms with E-state index in [0.717, 1.165) is 11.1 Å². The van der Waals surface area contributed by atoms with Crippen LogP contribution in [0.3, 0.4) is 0 Å². The molecule has 0 aliphatic rings. The van der Waals surface area contributed by atoms with Crippen LogP contribution < -0.4 is 5.32 Å². The summed E-state index contributed by atoms with van der Waals surface area (Å²) in [5.41, 5.74) is 2.01. The smallest absolute Gasteiger partial charge is 0.253 e. The number of aromatic amines is 1. The van der Waals surface area contributed by atoms with Gasteiger partial charge in [0, 0.05) is 23.3 Å². The lowest BCUT2D eigenvalue weighted by atomic mass is 10.2. The molecular formula is C13H15N7O. The largest absolute Gasteiger partial charge is 0.348 e. The molecular weight excluding hydrogens is 270 g/mol. The van der Waals surface area contributed by atoms with Crippen LogP contribution in [0.15, 0.2) is 24.9 Å². The molecule has 0 aliphatic heterocycles. The molecule has 108 valence electrons. The van der Waals surface area contributed by atoms with E-state index in [9.17, 15) is 4.79 Å². The van der Waals surface area contributed by atoms with Crippen LogP contribution in [0.25, 0.3) is 11.0 Å². The van der Waals surface area contributed by atoms with Crippen LogP contribution in [0, 0.1) is 6.92 Å². The lowest BCUT2D eigenvalue weighted by Crippen LogP contribution is -2.35. The van der Waals surface area contributed by atoms with Gasteiger partial charge in [-0.05, 0) is 19.9 Å². The monoisotopic (exact) mass is 285 g/mol.